The number of nitrogens with zero attached hydrogens (tertiary/aromatic N) is 3. The molecular weight excluding hydrogens is 1030 g/mol. The van der Waals surface area contributed by atoms with Crippen molar-refractivity contribution in [2.75, 3.05) is 60.8 Å². The molecule has 0 heterocycles. The van der Waals surface area contributed by atoms with Crippen LogP contribution in [-0.2, 0) is 54.8 Å². The van der Waals surface area contributed by atoms with Crippen molar-refractivity contribution in [1.82, 2.24) is 0 Å². The van der Waals surface area contributed by atoms with Crippen molar-refractivity contribution in [3.63, 3.8) is 0 Å². The van der Waals surface area contributed by atoms with Crippen LogP contribution in [0.5, 0.6) is 34.5 Å². The Hall–Kier alpha value is -7.80. The lowest BCUT2D eigenvalue weighted by atomic mass is 9.81. The number of rotatable bonds is 15. The molecule has 81 heavy (non-hydrogen) atoms. The van der Waals surface area contributed by atoms with Gasteiger partial charge in [0, 0.05) is 128 Å². The van der Waals surface area contributed by atoms with Gasteiger partial charge >= 0.3 is 0 Å². The van der Waals surface area contributed by atoms with Gasteiger partial charge in [0.2, 0.25) is 0 Å². The molecule has 6 aromatic carbocycles. The van der Waals surface area contributed by atoms with Crippen LogP contribution in [0.3, 0.4) is 0 Å². The molecule has 0 aliphatic heterocycles. The Labute approximate surface area is 474 Å². The third-order valence-corrected chi connectivity index (χ3v) is 14.6. The molecule has 1 aliphatic rings. The summed E-state index contributed by atoms with van der Waals surface area (Å²) in [6.45, 7) is 19.5. The largest absolute Gasteiger partial charge is 0.496 e. The van der Waals surface area contributed by atoms with Crippen molar-refractivity contribution in [1.29, 1.82) is 0 Å². The second kappa shape index (κ2) is 24.9. The molecule has 1 aliphatic carbocycles. The van der Waals surface area contributed by atoms with Crippen LogP contribution >= 0.6 is 0 Å². The van der Waals surface area contributed by atoms with Crippen LogP contribution in [-0.4, -0.2) is 75.6 Å². The van der Waals surface area contributed by atoms with Crippen LogP contribution in [0.15, 0.2) is 72.8 Å². The zero-order valence-corrected chi connectivity index (χ0v) is 48.9. The highest BCUT2D eigenvalue weighted by molar-refractivity contribution is 5.63. The van der Waals surface area contributed by atoms with Crippen LogP contribution in [0.2, 0.25) is 0 Å². The minimum atomic E-state index is -0.435. The minimum absolute atomic E-state index is 0.1000. The minimum Gasteiger partial charge on any atom is -0.496 e. The fourth-order valence-electron chi connectivity index (χ4n) is 10.7. The summed E-state index contributed by atoms with van der Waals surface area (Å²) in [4.78, 5) is 37.9. The Kier molecular flexibility index (Phi) is 18.7. The van der Waals surface area contributed by atoms with Crippen LogP contribution in [0.25, 0.3) is 0 Å². The standard InChI is InChI=1S/C63H78N6O12/c1-61(2,3)49-25-37-19-43-31-52(67(70)71)33-45(55(43)76-10)21-39-27-50(62(4,5)6)29-41(59(39)80-17-14-65)23-47-35-54(69(74)75)36-48(57(47)78-12)24-42-30-51(63(7,8)9)28-40(60(42)81-18-15-66)22-46-34-53(68(72)73)32-44(56(46)77-11)20-38(26-49)58(37)79-16-13-64/h25-36H,13-24,64-66H2,1-12H3. The van der Waals surface area contributed by atoms with E-state index in [2.05, 4.69) is 62.3 Å². The predicted octanol–water partition coefficient (Wildman–Crippen LogP) is 11.2. The lowest BCUT2D eigenvalue weighted by Crippen LogP contribution is -2.17. The second-order valence-electron chi connectivity index (χ2n) is 23.8. The van der Waals surface area contributed by atoms with Gasteiger partial charge in [-0.2, -0.15) is 0 Å². The highest BCUT2D eigenvalue weighted by Crippen LogP contribution is 2.45. The third kappa shape index (κ3) is 13.9. The van der Waals surface area contributed by atoms with Crippen molar-refractivity contribution >= 4 is 17.1 Å². The summed E-state index contributed by atoms with van der Waals surface area (Å²) >= 11 is 0. The Bertz CT molecular complexity index is 2860. The van der Waals surface area contributed by atoms with E-state index in [0.29, 0.717) is 101 Å². The lowest BCUT2D eigenvalue weighted by Gasteiger charge is -2.27. The highest BCUT2D eigenvalue weighted by atomic mass is 16.6. The van der Waals surface area contributed by atoms with Gasteiger partial charge in [-0.05, 0) is 66.3 Å². The van der Waals surface area contributed by atoms with Gasteiger partial charge in [-0.25, -0.2) is 0 Å². The third-order valence-electron chi connectivity index (χ3n) is 14.6. The van der Waals surface area contributed by atoms with Crippen LogP contribution < -0.4 is 45.6 Å². The number of nitrogens with two attached hydrogens (primary N) is 3. The Balaban J connectivity index is 1.67. The SMILES string of the molecule is COc1c2cc([N+](=O)[O-])cc1Cc1cc(C(C)(C)C)cc(c1OCCN)Cc1cc([N+](=O)[O-])cc(c1OC)Cc1cc(C(C)(C)C)cc(c1OCCN)Cc1cc([N+](=O)[O-])cc(c1OC)Cc1cc(C(C)(C)C)cc(c1OCCN)C2. The Morgan fingerprint density at radius 3 is 0.654 bits per heavy atom. The Morgan fingerprint density at radius 1 is 0.346 bits per heavy atom. The molecule has 6 aromatic rings. The number of hydrogen-bond acceptors (Lipinski definition) is 15. The van der Waals surface area contributed by atoms with Gasteiger partial charge in [0.05, 0.1) is 36.1 Å². The van der Waals surface area contributed by atoms with Crippen molar-refractivity contribution < 1.29 is 43.2 Å². The first-order valence-electron chi connectivity index (χ1n) is 27.2. The normalized spacial score (nSPS) is 12.9. The molecule has 6 N–H and O–H groups in total. The van der Waals surface area contributed by atoms with Crippen LogP contribution in [0, 0.1) is 30.3 Å². The van der Waals surface area contributed by atoms with Gasteiger partial charge in [0.25, 0.3) is 17.1 Å². The maximum atomic E-state index is 13.0. The second-order valence-corrected chi connectivity index (χ2v) is 23.8. The monoisotopic (exact) mass is 1110 g/mol. The van der Waals surface area contributed by atoms with Crippen molar-refractivity contribution in [3.8, 4) is 34.5 Å². The molecule has 7 rings (SSSR count). The molecular formula is C63H78N6O12. The van der Waals surface area contributed by atoms with Gasteiger partial charge < -0.3 is 45.6 Å². The number of hydrogen-bond donors (Lipinski definition) is 3. The number of nitro benzene ring substituents is 3. The van der Waals surface area contributed by atoms with E-state index in [1.165, 1.54) is 57.7 Å². The van der Waals surface area contributed by atoms with Gasteiger partial charge in [-0.3, -0.25) is 30.3 Å². The van der Waals surface area contributed by atoms with E-state index in [4.69, 9.17) is 45.6 Å². The summed E-state index contributed by atoms with van der Waals surface area (Å²) in [7, 11) is 4.58. The van der Waals surface area contributed by atoms with Gasteiger partial charge in [-0.15, -0.1) is 0 Å². The lowest BCUT2D eigenvalue weighted by molar-refractivity contribution is -0.385. The predicted molar refractivity (Wildman–Crippen MR) is 315 cm³/mol. The number of ether oxygens (including phenoxy) is 6. The van der Waals surface area contributed by atoms with E-state index in [-0.39, 0.29) is 95.0 Å². The zero-order valence-electron chi connectivity index (χ0n) is 48.9. The summed E-state index contributed by atoms with van der Waals surface area (Å²) in [5.74, 6) is 2.60. The van der Waals surface area contributed by atoms with E-state index in [1.807, 2.05) is 36.4 Å². The molecule has 0 fully saturated rings. The van der Waals surface area contributed by atoms with Gasteiger partial charge in [0.1, 0.15) is 54.3 Å². The average Bonchev–Trinajstić information content (AvgIpc) is 3.45. The van der Waals surface area contributed by atoms with Crippen molar-refractivity contribution in [2.24, 2.45) is 17.2 Å². The molecule has 0 aromatic heterocycles. The molecule has 18 nitrogen and oxygen atoms in total. The van der Waals surface area contributed by atoms with Gasteiger partial charge in [0.15, 0.2) is 0 Å². The van der Waals surface area contributed by atoms with Gasteiger partial charge in [-0.1, -0.05) is 98.7 Å². The molecule has 0 radical (unpaired) electrons. The maximum Gasteiger partial charge on any atom is 0.270 e. The molecule has 0 amide bonds. The number of non-ortho nitro benzene ring substituents is 3. The van der Waals surface area contributed by atoms with E-state index in [0.717, 1.165) is 16.7 Å². The summed E-state index contributed by atoms with van der Waals surface area (Å²) in [6, 6.07) is 21.3. The Morgan fingerprint density at radius 2 is 0.519 bits per heavy atom. The first-order chi connectivity index (χ1) is 38.2. The molecule has 0 unspecified atom stereocenters. The highest BCUT2D eigenvalue weighted by Gasteiger charge is 2.31. The first-order valence-corrected chi connectivity index (χ1v) is 27.2. The zero-order chi connectivity index (χ0) is 59.3. The fourth-order valence-corrected chi connectivity index (χ4v) is 10.7. The molecule has 0 saturated heterocycles. The number of nitro groups is 3. The van der Waals surface area contributed by atoms with E-state index in [1.54, 1.807) is 0 Å². The molecule has 18 heteroatoms. The van der Waals surface area contributed by atoms with Crippen LogP contribution in [0.1, 0.15) is 146 Å². The smallest absolute Gasteiger partial charge is 0.270 e. The van der Waals surface area contributed by atoms with Crippen LogP contribution in [0.4, 0.5) is 17.1 Å². The quantitative estimate of drug-likeness (QED) is 0.0637. The first kappa shape index (κ1) is 60.8. The average molecular weight is 1110 g/mol. The fraction of sp³-hybridized carbons (Fsp3) is 0.429. The summed E-state index contributed by atoms with van der Waals surface area (Å²) in [5, 5.41) is 39.1. The van der Waals surface area contributed by atoms with Crippen molar-refractivity contribution in [3.05, 3.63) is 187 Å². The topological polar surface area (TPSA) is 263 Å². The molecule has 0 spiro atoms. The summed E-state index contributed by atoms with van der Waals surface area (Å²) < 4.78 is 38.8. The van der Waals surface area contributed by atoms with Crippen molar-refractivity contribution in [2.45, 2.75) is 117 Å². The number of methoxy groups -OCH3 is 3. The summed E-state index contributed by atoms with van der Waals surface area (Å²) in [5.41, 5.74) is 26.4. The van der Waals surface area contributed by atoms with E-state index < -0.39 is 31.0 Å². The molecule has 12 bridgehead atoms. The van der Waals surface area contributed by atoms with E-state index >= 15 is 0 Å². The van der Waals surface area contributed by atoms with E-state index in [9.17, 15) is 30.3 Å². The maximum absolute atomic E-state index is 13.0. The molecule has 0 atom stereocenters. The molecule has 0 saturated carbocycles. The number of benzene rings is 6. The number of fused-ring (bicyclic) bond motifs is 12. The molecule has 432 valence electrons. The summed E-state index contributed by atoms with van der Waals surface area (Å²) in [6.07, 6.45) is 0.600.